The summed E-state index contributed by atoms with van der Waals surface area (Å²) in [6.07, 6.45) is 0. The molecule has 0 amide bonds. The van der Waals surface area contributed by atoms with E-state index in [9.17, 15) is 4.79 Å². The van der Waals surface area contributed by atoms with Crippen LogP contribution in [-0.2, 0) is 4.79 Å². The van der Waals surface area contributed by atoms with Crippen LogP contribution in [0.3, 0.4) is 0 Å². The fraction of sp³-hybridized carbons (Fsp3) is 0.462. The molecule has 5 nitrogen and oxygen atoms in total. The lowest BCUT2D eigenvalue weighted by Crippen LogP contribution is -2.44. The number of rotatable bonds is 4. The zero-order valence-electron chi connectivity index (χ0n) is 10.5. The standard InChI is InChI=1S/C13H18N2O3/c1-14-6-8-15(9-7-14)11-4-2-3-5-12(11)18-10-13(16)17/h2-5H,6-10H2,1H3,(H,16,17). The quantitative estimate of drug-likeness (QED) is 0.860. The van der Waals surface area contributed by atoms with Crippen molar-refractivity contribution in [1.29, 1.82) is 0 Å². The number of piperazine rings is 1. The molecule has 1 aromatic carbocycles. The highest BCUT2D eigenvalue weighted by molar-refractivity contribution is 5.69. The Balaban J connectivity index is 2.09. The van der Waals surface area contributed by atoms with Crippen molar-refractivity contribution in [3.63, 3.8) is 0 Å². The first-order chi connectivity index (χ1) is 8.66. The molecular formula is C13H18N2O3. The Morgan fingerprint density at radius 1 is 1.28 bits per heavy atom. The van der Waals surface area contributed by atoms with Gasteiger partial charge in [0.1, 0.15) is 5.75 Å². The van der Waals surface area contributed by atoms with Gasteiger partial charge >= 0.3 is 5.97 Å². The van der Waals surface area contributed by atoms with Gasteiger partial charge in [-0.2, -0.15) is 0 Å². The lowest BCUT2D eigenvalue weighted by atomic mass is 10.2. The fourth-order valence-corrected chi connectivity index (χ4v) is 2.03. The predicted molar refractivity (Wildman–Crippen MR) is 69.3 cm³/mol. The number of likely N-dealkylation sites (N-methyl/N-ethyl adjacent to an activating group) is 1. The smallest absolute Gasteiger partial charge is 0.341 e. The molecule has 18 heavy (non-hydrogen) atoms. The van der Waals surface area contributed by atoms with E-state index in [4.69, 9.17) is 9.84 Å². The highest BCUT2D eigenvalue weighted by atomic mass is 16.5. The summed E-state index contributed by atoms with van der Waals surface area (Å²) in [4.78, 5) is 15.1. The summed E-state index contributed by atoms with van der Waals surface area (Å²) in [6, 6.07) is 7.59. The Hall–Kier alpha value is -1.75. The van der Waals surface area contributed by atoms with Gasteiger partial charge in [-0.15, -0.1) is 0 Å². The molecule has 1 heterocycles. The second kappa shape index (κ2) is 5.73. The molecule has 0 bridgehead atoms. The van der Waals surface area contributed by atoms with Crippen LogP contribution >= 0.6 is 0 Å². The summed E-state index contributed by atoms with van der Waals surface area (Å²) in [6.45, 7) is 3.58. The van der Waals surface area contributed by atoms with Crippen LogP contribution in [-0.4, -0.2) is 55.8 Å². The molecule has 0 aromatic heterocycles. The molecular weight excluding hydrogens is 232 g/mol. The molecule has 2 rings (SSSR count). The molecule has 0 aliphatic carbocycles. The maximum Gasteiger partial charge on any atom is 0.341 e. The molecule has 0 spiro atoms. The number of anilines is 1. The number of carboxylic acids is 1. The SMILES string of the molecule is CN1CCN(c2ccccc2OCC(=O)O)CC1. The molecule has 98 valence electrons. The molecule has 0 radical (unpaired) electrons. The molecule has 1 N–H and O–H groups in total. The summed E-state index contributed by atoms with van der Waals surface area (Å²) in [5.41, 5.74) is 0.979. The number of carbonyl (C=O) groups is 1. The summed E-state index contributed by atoms with van der Waals surface area (Å²) >= 11 is 0. The van der Waals surface area contributed by atoms with Crippen molar-refractivity contribution in [3.05, 3.63) is 24.3 Å². The van der Waals surface area contributed by atoms with Crippen molar-refractivity contribution in [1.82, 2.24) is 4.90 Å². The molecule has 0 atom stereocenters. The van der Waals surface area contributed by atoms with Gasteiger partial charge in [0.15, 0.2) is 6.61 Å². The summed E-state index contributed by atoms with van der Waals surface area (Å²) < 4.78 is 5.32. The predicted octanol–water partition coefficient (Wildman–Crippen LogP) is 0.902. The Labute approximate surface area is 107 Å². The van der Waals surface area contributed by atoms with E-state index in [1.165, 1.54) is 0 Å². The van der Waals surface area contributed by atoms with Gasteiger partial charge in [-0.3, -0.25) is 0 Å². The summed E-state index contributed by atoms with van der Waals surface area (Å²) in [7, 11) is 2.10. The highest BCUT2D eigenvalue weighted by Gasteiger charge is 2.17. The molecule has 1 aliphatic rings. The van der Waals surface area contributed by atoms with E-state index in [2.05, 4.69) is 16.8 Å². The van der Waals surface area contributed by atoms with E-state index in [-0.39, 0.29) is 6.61 Å². The number of nitrogens with zero attached hydrogens (tertiary/aromatic N) is 2. The van der Waals surface area contributed by atoms with Crippen LogP contribution in [0.2, 0.25) is 0 Å². The number of ether oxygens (including phenoxy) is 1. The Morgan fingerprint density at radius 2 is 1.94 bits per heavy atom. The molecule has 1 fully saturated rings. The van der Waals surface area contributed by atoms with Crippen molar-refractivity contribution in [3.8, 4) is 5.75 Å². The Kier molecular flexibility index (Phi) is 4.04. The van der Waals surface area contributed by atoms with Crippen LogP contribution in [0, 0.1) is 0 Å². The molecule has 1 saturated heterocycles. The van der Waals surface area contributed by atoms with Crippen LogP contribution in [0.15, 0.2) is 24.3 Å². The molecule has 1 aliphatic heterocycles. The maximum absolute atomic E-state index is 10.6. The van der Waals surface area contributed by atoms with Gasteiger partial charge < -0.3 is 19.6 Å². The third-order valence-electron chi connectivity index (χ3n) is 3.06. The number of hydrogen-bond acceptors (Lipinski definition) is 4. The molecule has 0 unspecified atom stereocenters. The van der Waals surface area contributed by atoms with Crippen LogP contribution in [0.4, 0.5) is 5.69 Å². The summed E-state index contributed by atoms with van der Waals surface area (Å²) in [5.74, 6) is -0.312. The van der Waals surface area contributed by atoms with Gasteiger partial charge in [-0.05, 0) is 19.2 Å². The van der Waals surface area contributed by atoms with Crippen LogP contribution in [0.5, 0.6) is 5.75 Å². The third kappa shape index (κ3) is 3.13. The third-order valence-corrected chi connectivity index (χ3v) is 3.06. The topological polar surface area (TPSA) is 53.0 Å². The van der Waals surface area contributed by atoms with E-state index < -0.39 is 5.97 Å². The number of benzene rings is 1. The molecule has 1 aromatic rings. The fourth-order valence-electron chi connectivity index (χ4n) is 2.03. The number of carboxylic acid groups (broad SMARTS) is 1. The van der Waals surface area contributed by atoms with E-state index in [1.54, 1.807) is 0 Å². The number of para-hydroxylation sites is 2. The Bertz CT molecular complexity index is 414. The van der Waals surface area contributed by atoms with Crippen molar-refractivity contribution < 1.29 is 14.6 Å². The van der Waals surface area contributed by atoms with Crippen LogP contribution in [0.25, 0.3) is 0 Å². The monoisotopic (exact) mass is 250 g/mol. The second-order valence-electron chi connectivity index (χ2n) is 4.44. The lowest BCUT2D eigenvalue weighted by Gasteiger charge is -2.34. The van der Waals surface area contributed by atoms with E-state index >= 15 is 0 Å². The van der Waals surface area contributed by atoms with Crippen molar-refractivity contribution in [2.24, 2.45) is 0 Å². The lowest BCUT2D eigenvalue weighted by molar-refractivity contribution is -0.139. The minimum Gasteiger partial charge on any atom is -0.480 e. The zero-order valence-corrected chi connectivity index (χ0v) is 10.5. The summed E-state index contributed by atoms with van der Waals surface area (Å²) in [5, 5.41) is 8.67. The minimum absolute atomic E-state index is 0.301. The second-order valence-corrected chi connectivity index (χ2v) is 4.44. The van der Waals surface area contributed by atoms with Crippen LogP contribution < -0.4 is 9.64 Å². The number of hydrogen-bond donors (Lipinski definition) is 1. The highest BCUT2D eigenvalue weighted by Crippen LogP contribution is 2.28. The average molecular weight is 250 g/mol. The largest absolute Gasteiger partial charge is 0.480 e. The van der Waals surface area contributed by atoms with E-state index in [0.29, 0.717) is 5.75 Å². The van der Waals surface area contributed by atoms with Gasteiger partial charge in [0.2, 0.25) is 0 Å². The van der Waals surface area contributed by atoms with Crippen molar-refractivity contribution >= 4 is 11.7 Å². The molecule has 0 saturated carbocycles. The zero-order chi connectivity index (χ0) is 13.0. The van der Waals surface area contributed by atoms with Crippen molar-refractivity contribution in [2.75, 3.05) is 44.7 Å². The first-order valence-corrected chi connectivity index (χ1v) is 6.04. The Morgan fingerprint density at radius 3 is 2.61 bits per heavy atom. The van der Waals surface area contributed by atoms with Crippen LogP contribution in [0.1, 0.15) is 0 Å². The number of aliphatic carboxylic acids is 1. The average Bonchev–Trinajstić information content (AvgIpc) is 2.38. The minimum atomic E-state index is -0.955. The van der Waals surface area contributed by atoms with Gasteiger partial charge in [-0.1, -0.05) is 12.1 Å². The van der Waals surface area contributed by atoms with E-state index in [1.807, 2.05) is 24.3 Å². The van der Waals surface area contributed by atoms with Gasteiger partial charge in [0.05, 0.1) is 5.69 Å². The first kappa shape index (κ1) is 12.7. The maximum atomic E-state index is 10.6. The molecule has 5 heteroatoms. The normalized spacial score (nSPS) is 16.6. The first-order valence-electron chi connectivity index (χ1n) is 6.04. The van der Waals surface area contributed by atoms with Crippen molar-refractivity contribution in [2.45, 2.75) is 0 Å². The van der Waals surface area contributed by atoms with Gasteiger partial charge in [0.25, 0.3) is 0 Å². The van der Waals surface area contributed by atoms with Gasteiger partial charge in [0, 0.05) is 26.2 Å². The van der Waals surface area contributed by atoms with Gasteiger partial charge in [-0.25, -0.2) is 4.79 Å². The van der Waals surface area contributed by atoms with E-state index in [0.717, 1.165) is 31.9 Å².